The third-order valence-electron chi connectivity index (χ3n) is 4.86. The van der Waals surface area contributed by atoms with E-state index in [1.807, 2.05) is 48.2 Å². The first-order valence-corrected chi connectivity index (χ1v) is 9.39. The van der Waals surface area contributed by atoms with E-state index in [1.165, 1.54) is 0 Å². The molecule has 1 atom stereocenters. The number of nitrogens with one attached hydrogen (secondary N) is 1. The molecule has 1 N–H and O–H groups in total. The van der Waals surface area contributed by atoms with Crippen LogP contribution in [0.5, 0.6) is 5.75 Å². The molecule has 7 heteroatoms. The number of amides is 1. The summed E-state index contributed by atoms with van der Waals surface area (Å²) in [7, 11) is 1.66. The van der Waals surface area contributed by atoms with E-state index in [9.17, 15) is 4.79 Å². The Morgan fingerprint density at radius 3 is 2.75 bits per heavy atom. The number of fused-ring (bicyclic) bond motifs is 1. The van der Waals surface area contributed by atoms with E-state index in [4.69, 9.17) is 13.9 Å². The number of furan rings is 1. The standard InChI is InChI=1S/C21H23N3O4/c1-3-27-15-9-7-14(8-10-15)18-17-19(23-22-18)21(25)24(11-5-12-26-2)20(17)16-6-4-13-28-16/h4,6-10,13,20H,3,5,11-12H2,1-2H3,(H,22,23). The normalized spacial score (nSPS) is 15.9. The molecule has 0 spiro atoms. The fourth-order valence-corrected chi connectivity index (χ4v) is 3.64. The number of benzene rings is 1. The van der Waals surface area contributed by atoms with E-state index in [1.54, 1.807) is 13.4 Å². The number of aromatic amines is 1. The number of rotatable bonds is 8. The highest BCUT2D eigenvalue weighted by atomic mass is 16.5. The Hall–Kier alpha value is -3.06. The van der Waals surface area contributed by atoms with Crippen LogP contribution in [0.2, 0.25) is 0 Å². The molecule has 0 saturated heterocycles. The van der Waals surface area contributed by atoms with Gasteiger partial charge in [0.2, 0.25) is 0 Å². The third-order valence-corrected chi connectivity index (χ3v) is 4.86. The molecule has 2 aromatic heterocycles. The summed E-state index contributed by atoms with van der Waals surface area (Å²) in [6, 6.07) is 11.2. The van der Waals surface area contributed by atoms with Crippen LogP contribution in [0.4, 0.5) is 0 Å². The van der Waals surface area contributed by atoms with Crippen molar-refractivity contribution >= 4 is 5.91 Å². The molecule has 0 aliphatic carbocycles. The Balaban J connectivity index is 1.73. The highest BCUT2D eigenvalue weighted by Gasteiger charge is 2.43. The first kappa shape index (κ1) is 18.3. The molecule has 4 rings (SSSR count). The monoisotopic (exact) mass is 381 g/mol. The molecule has 7 nitrogen and oxygen atoms in total. The lowest BCUT2D eigenvalue weighted by Crippen LogP contribution is -2.31. The van der Waals surface area contributed by atoms with Crippen molar-refractivity contribution in [3.8, 4) is 17.0 Å². The number of hydrogen-bond donors (Lipinski definition) is 1. The van der Waals surface area contributed by atoms with Crippen molar-refractivity contribution in [2.45, 2.75) is 19.4 Å². The van der Waals surface area contributed by atoms with Crippen molar-refractivity contribution in [2.24, 2.45) is 0 Å². The van der Waals surface area contributed by atoms with E-state index in [2.05, 4.69) is 10.2 Å². The third kappa shape index (κ3) is 3.18. The van der Waals surface area contributed by atoms with E-state index < -0.39 is 0 Å². The SMILES string of the molecule is CCOc1ccc(-c2n[nH]c3c2C(c2ccco2)N(CCCOC)C3=O)cc1. The van der Waals surface area contributed by atoms with Gasteiger partial charge < -0.3 is 18.8 Å². The second-order valence-corrected chi connectivity index (χ2v) is 6.58. The van der Waals surface area contributed by atoms with Gasteiger partial charge in [0, 0.05) is 31.4 Å². The molecule has 1 aliphatic rings. The predicted molar refractivity (Wildman–Crippen MR) is 103 cm³/mol. The Morgan fingerprint density at radius 2 is 2.07 bits per heavy atom. The molecule has 0 bridgehead atoms. The topological polar surface area (TPSA) is 80.6 Å². The van der Waals surface area contributed by atoms with Gasteiger partial charge in [-0.3, -0.25) is 9.89 Å². The molecule has 3 heterocycles. The molecule has 146 valence electrons. The number of carbonyl (C=O) groups excluding carboxylic acids is 1. The zero-order chi connectivity index (χ0) is 19.5. The van der Waals surface area contributed by atoms with E-state index >= 15 is 0 Å². The average Bonchev–Trinajstić information content (AvgIpc) is 3.42. The van der Waals surface area contributed by atoms with Crippen molar-refractivity contribution in [1.29, 1.82) is 0 Å². The number of hydrogen-bond acceptors (Lipinski definition) is 5. The van der Waals surface area contributed by atoms with Crippen LogP contribution in [0.25, 0.3) is 11.3 Å². The fourth-order valence-electron chi connectivity index (χ4n) is 3.64. The van der Waals surface area contributed by atoms with Crippen LogP contribution in [-0.4, -0.2) is 47.9 Å². The minimum Gasteiger partial charge on any atom is -0.494 e. The molecule has 1 aromatic carbocycles. The molecule has 28 heavy (non-hydrogen) atoms. The van der Waals surface area contributed by atoms with Crippen LogP contribution in [0, 0.1) is 0 Å². The molecule has 1 amide bonds. The lowest BCUT2D eigenvalue weighted by molar-refractivity contribution is 0.0708. The van der Waals surface area contributed by atoms with Crippen molar-refractivity contribution in [2.75, 3.05) is 26.9 Å². The number of H-pyrrole nitrogens is 1. The maximum atomic E-state index is 13.0. The number of ether oxygens (including phenoxy) is 2. The molecule has 0 radical (unpaired) electrons. The van der Waals surface area contributed by atoms with Crippen LogP contribution in [0.3, 0.4) is 0 Å². The van der Waals surface area contributed by atoms with Crippen LogP contribution < -0.4 is 4.74 Å². The Morgan fingerprint density at radius 1 is 1.25 bits per heavy atom. The van der Waals surface area contributed by atoms with Gasteiger partial charge in [-0.05, 0) is 49.7 Å². The fraction of sp³-hybridized carbons (Fsp3) is 0.333. The van der Waals surface area contributed by atoms with E-state index in [-0.39, 0.29) is 11.9 Å². The number of aromatic nitrogens is 2. The van der Waals surface area contributed by atoms with E-state index in [0.717, 1.165) is 34.8 Å². The average molecular weight is 381 g/mol. The minimum absolute atomic E-state index is 0.0720. The highest BCUT2D eigenvalue weighted by molar-refractivity contribution is 6.00. The molecule has 3 aromatic rings. The summed E-state index contributed by atoms with van der Waals surface area (Å²) in [5, 5.41) is 7.39. The van der Waals surface area contributed by atoms with Gasteiger partial charge in [0.1, 0.15) is 23.2 Å². The molecule has 0 saturated carbocycles. The molecule has 0 fully saturated rings. The largest absolute Gasteiger partial charge is 0.494 e. The molecule has 1 aliphatic heterocycles. The van der Waals surface area contributed by atoms with Crippen molar-refractivity contribution < 1.29 is 18.7 Å². The Kier molecular flexibility index (Phi) is 5.16. The summed E-state index contributed by atoms with van der Waals surface area (Å²) in [5.41, 5.74) is 3.04. The predicted octanol–water partition coefficient (Wildman–Crippen LogP) is 3.65. The van der Waals surface area contributed by atoms with Crippen LogP contribution in [-0.2, 0) is 4.74 Å². The van der Waals surface area contributed by atoms with Gasteiger partial charge in [-0.25, -0.2) is 0 Å². The van der Waals surface area contributed by atoms with Gasteiger partial charge in [0.05, 0.1) is 18.6 Å². The summed E-state index contributed by atoms with van der Waals surface area (Å²) >= 11 is 0. The second kappa shape index (κ2) is 7.90. The second-order valence-electron chi connectivity index (χ2n) is 6.58. The maximum Gasteiger partial charge on any atom is 0.273 e. The Labute approximate surface area is 163 Å². The van der Waals surface area contributed by atoms with Gasteiger partial charge in [-0.2, -0.15) is 5.10 Å². The van der Waals surface area contributed by atoms with Crippen LogP contribution in [0.15, 0.2) is 47.1 Å². The first-order chi connectivity index (χ1) is 13.7. The smallest absolute Gasteiger partial charge is 0.273 e. The highest BCUT2D eigenvalue weighted by Crippen LogP contribution is 2.43. The van der Waals surface area contributed by atoms with Gasteiger partial charge in [0.15, 0.2) is 0 Å². The number of nitrogens with zero attached hydrogens (tertiary/aromatic N) is 2. The van der Waals surface area contributed by atoms with E-state index in [0.29, 0.717) is 25.5 Å². The summed E-state index contributed by atoms with van der Waals surface area (Å²) in [5.74, 6) is 1.45. The summed E-state index contributed by atoms with van der Waals surface area (Å²) in [4.78, 5) is 14.9. The lowest BCUT2D eigenvalue weighted by Gasteiger charge is -2.24. The lowest BCUT2D eigenvalue weighted by atomic mass is 10.00. The van der Waals surface area contributed by atoms with Gasteiger partial charge in [-0.15, -0.1) is 0 Å². The van der Waals surface area contributed by atoms with Gasteiger partial charge in [-0.1, -0.05) is 0 Å². The van der Waals surface area contributed by atoms with Crippen molar-refractivity contribution in [1.82, 2.24) is 15.1 Å². The first-order valence-electron chi connectivity index (χ1n) is 9.39. The Bertz CT molecular complexity index is 931. The molecular weight excluding hydrogens is 358 g/mol. The van der Waals surface area contributed by atoms with Crippen LogP contribution >= 0.6 is 0 Å². The quantitative estimate of drug-likeness (QED) is 0.603. The zero-order valence-corrected chi connectivity index (χ0v) is 16.0. The number of carbonyl (C=O) groups is 1. The molecular formula is C21H23N3O4. The van der Waals surface area contributed by atoms with Crippen molar-refractivity contribution in [3.63, 3.8) is 0 Å². The number of methoxy groups -OCH3 is 1. The summed E-state index contributed by atoms with van der Waals surface area (Å²) in [6.07, 6.45) is 2.37. The summed E-state index contributed by atoms with van der Waals surface area (Å²) in [6.45, 7) is 3.73. The van der Waals surface area contributed by atoms with Gasteiger partial charge >= 0.3 is 0 Å². The minimum atomic E-state index is -0.310. The van der Waals surface area contributed by atoms with Crippen LogP contribution in [0.1, 0.15) is 41.2 Å². The molecule has 1 unspecified atom stereocenters. The zero-order valence-electron chi connectivity index (χ0n) is 16.0. The van der Waals surface area contributed by atoms with Crippen molar-refractivity contribution in [3.05, 3.63) is 59.7 Å². The maximum absolute atomic E-state index is 13.0. The van der Waals surface area contributed by atoms with Gasteiger partial charge in [0.25, 0.3) is 5.91 Å². The summed E-state index contributed by atoms with van der Waals surface area (Å²) < 4.78 is 16.4.